The minimum Gasteiger partial charge on any atom is -0.484 e. The van der Waals surface area contributed by atoms with E-state index >= 15 is 0 Å². The smallest absolute Gasteiger partial charge is 0.336 e. The van der Waals surface area contributed by atoms with Gasteiger partial charge in [0.1, 0.15) is 17.1 Å². The van der Waals surface area contributed by atoms with Crippen LogP contribution in [0.2, 0.25) is 0 Å². The molecule has 0 atom stereocenters. The lowest BCUT2D eigenvalue weighted by Crippen LogP contribution is -2.33. The number of amides is 2. The Hall–Kier alpha value is -4.33. The molecule has 0 aliphatic heterocycles. The van der Waals surface area contributed by atoms with Crippen LogP contribution in [0.3, 0.4) is 0 Å². The Morgan fingerprint density at radius 2 is 1.88 bits per heavy atom. The minimum absolute atomic E-state index is 0.235. The molecule has 0 radical (unpaired) electrons. The Kier molecular flexibility index (Phi) is 6.26. The summed E-state index contributed by atoms with van der Waals surface area (Å²) in [6, 6.07) is 16.8. The molecule has 0 aliphatic rings. The SMILES string of the molecule is Cc1cc(=O)oc2cc(OCC(=O)N(C)c3ccccc3C(=O)NCc3ccco3)ccc12. The number of hydrogen-bond acceptors (Lipinski definition) is 6. The first-order chi connectivity index (χ1) is 15.9. The highest BCUT2D eigenvalue weighted by atomic mass is 16.5. The van der Waals surface area contributed by atoms with Crippen molar-refractivity contribution in [2.45, 2.75) is 13.5 Å². The molecule has 8 heteroatoms. The van der Waals surface area contributed by atoms with Gasteiger partial charge in [0.25, 0.3) is 11.8 Å². The molecule has 2 amide bonds. The van der Waals surface area contributed by atoms with Crippen molar-refractivity contribution in [1.82, 2.24) is 5.32 Å². The molecule has 33 heavy (non-hydrogen) atoms. The maximum absolute atomic E-state index is 12.8. The second-order valence-corrected chi connectivity index (χ2v) is 7.43. The Morgan fingerprint density at radius 3 is 2.67 bits per heavy atom. The molecule has 0 bridgehead atoms. The van der Waals surface area contributed by atoms with Crippen molar-refractivity contribution >= 4 is 28.5 Å². The van der Waals surface area contributed by atoms with Crippen molar-refractivity contribution in [1.29, 1.82) is 0 Å². The molecule has 4 aromatic rings. The monoisotopic (exact) mass is 446 g/mol. The molecule has 2 heterocycles. The number of nitrogens with zero attached hydrogens (tertiary/aromatic N) is 1. The summed E-state index contributed by atoms with van der Waals surface area (Å²) in [5.41, 5.74) is 1.53. The van der Waals surface area contributed by atoms with Gasteiger partial charge in [-0.1, -0.05) is 12.1 Å². The number of para-hydroxylation sites is 1. The van der Waals surface area contributed by atoms with Crippen molar-refractivity contribution < 1.29 is 23.2 Å². The molecule has 8 nitrogen and oxygen atoms in total. The lowest BCUT2D eigenvalue weighted by molar-refractivity contribution is -0.120. The highest BCUT2D eigenvalue weighted by Gasteiger charge is 2.19. The summed E-state index contributed by atoms with van der Waals surface area (Å²) in [4.78, 5) is 38.5. The number of aryl methyl sites for hydroxylation is 1. The van der Waals surface area contributed by atoms with Crippen LogP contribution in [-0.2, 0) is 11.3 Å². The molecular weight excluding hydrogens is 424 g/mol. The summed E-state index contributed by atoms with van der Waals surface area (Å²) in [5, 5.41) is 3.57. The largest absolute Gasteiger partial charge is 0.484 e. The van der Waals surface area contributed by atoms with Crippen LogP contribution >= 0.6 is 0 Å². The van der Waals surface area contributed by atoms with E-state index in [4.69, 9.17) is 13.6 Å². The number of carbonyl (C=O) groups excluding carboxylic acids is 2. The number of nitrogens with one attached hydrogen (secondary N) is 1. The van der Waals surface area contributed by atoms with Crippen LogP contribution < -0.4 is 20.6 Å². The van der Waals surface area contributed by atoms with E-state index in [-0.39, 0.29) is 25.0 Å². The van der Waals surface area contributed by atoms with Gasteiger partial charge in [0, 0.05) is 24.6 Å². The minimum atomic E-state index is -0.449. The van der Waals surface area contributed by atoms with E-state index in [0.29, 0.717) is 28.3 Å². The Morgan fingerprint density at radius 1 is 1.06 bits per heavy atom. The van der Waals surface area contributed by atoms with Crippen molar-refractivity contribution in [3.63, 3.8) is 0 Å². The lowest BCUT2D eigenvalue weighted by Gasteiger charge is -2.20. The van der Waals surface area contributed by atoms with E-state index in [9.17, 15) is 14.4 Å². The summed E-state index contributed by atoms with van der Waals surface area (Å²) in [5.74, 6) is 0.331. The van der Waals surface area contributed by atoms with Gasteiger partial charge in [-0.05, 0) is 48.9 Å². The standard InChI is InChI=1S/C25H22N2O6/c1-16-12-24(29)33-22-13-17(9-10-19(16)22)32-15-23(28)27(2)21-8-4-3-7-20(21)25(30)26-14-18-6-5-11-31-18/h3-13H,14-15H2,1-2H3,(H,26,30). The Labute approximate surface area is 189 Å². The van der Waals surface area contributed by atoms with E-state index in [1.54, 1.807) is 61.6 Å². The number of anilines is 1. The molecule has 0 spiro atoms. The second-order valence-electron chi connectivity index (χ2n) is 7.43. The molecule has 2 aromatic heterocycles. The zero-order chi connectivity index (χ0) is 23.4. The summed E-state index contributed by atoms with van der Waals surface area (Å²) in [6.45, 7) is 1.79. The number of fused-ring (bicyclic) bond motifs is 1. The fraction of sp³-hybridized carbons (Fsp3) is 0.160. The van der Waals surface area contributed by atoms with Gasteiger partial charge in [0.15, 0.2) is 6.61 Å². The second kappa shape index (κ2) is 9.44. The fourth-order valence-electron chi connectivity index (χ4n) is 3.41. The number of ether oxygens (including phenoxy) is 1. The first-order valence-electron chi connectivity index (χ1n) is 10.3. The summed E-state index contributed by atoms with van der Waals surface area (Å²) in [7, 11) is 1.58. The molecule has 168 valence electrons. The van der Waals surface area contributed by atoms with Gasteiger partial charge >= 0.3 is 5.63 Å². The van der Waals surface area contributed by atoms with Gasteiger partial charge in [-0.25, -0.2) is 4.79 Å². The summed E-state index contributed by atoms with van der Waals surface area (Å²) < 4.78 is 16.1. The molecule has 2 aromatic carbocycles. The van der Waals surface area contributed by atoms with Crippen LogP contribution in [0, 0.1) is 6.92 Å². The Balaban J connectivity index is 1.44. The molecular formula is C25H22N2O6. The van der Waals surface area contributed by atoms with Crippen LogP contribution in [0.4, 0.5) is 5.69 Å². The normalized spacial score (nSPS) is 10.7. The third-order valence-corrected chi connectivity index (χ3v) is 5.17. The van der Waals surface area contributed by atoms with Gasteiger partial charge in [-0.15, -0.1) is 0 Å². The summed E-state index contributed by atoms with van der Waals surface area (Å²) >= 11 is 0. The van der Waals surface area contributed by atoms with Crippen molar-refractivity contribution in [3.8, 4) is 5.75 Å². The highest BCUT2D eigenvalue weighted by molar-refractivity contribution is 6.04. The van der Waals surface area contributed by atoms with Gasteiger partial charge in [0.05, 0.1) is 24.1 Å². The van der Waals surface area contributed by atoms with Crippen LogP contribution in [-0.4, -0.2) is 25.5 Å². The average molecular weight is 446 g/mol. The quantitative estimate of drug-likeness (QED) is 0.435. The number of hydrogen-bond donors (Lipinski definition) is 1. The molecule has 0 fully saturated rings. The van der Waals surface area contributed by atoms with Crippen molar-refractivity contribution in [2.75, 3.05) is 18.6 Å². The average Bonchev–Trinajstić information content (AvgIpc) is 3.34. The maximum atomic E-state index is 12.8. The number of likely N-dealkylation sites (N-methyl/N-ethyl adjacent to an activating group) is 1. The maximum Gasteiger partial charge on any atom is 0.336 e. The first-order valence-corrected chi connectivity index (χ1v) is 10.3. The Bertz CT molecular complexity index is 1360. The molecule has 0 saturated carbocycles. The van der Waals surface area contributed by atoms with E-state index < -0.39 is 5.63 Å². The zero-order valence-electron chi connectivity index (χ0n) is 18.2. The highest BCUT2D eigenvalue weighted by Crippen LogP contribution is 2.23. The number of furan rings is 1. The van der Waals surface area contributed by atoms with Crippen LogP contribution in [0.15, 0.2) is 80.6 Å². The van der Waals surface area contributed by atoms with Gasteiger partial charge in [-0.3, -0.25) is 9.59 Å². The van der Waals surface area contributed by atoms with Crippen LogP contribution in [0.1, 0.15) is 21.7 Å². The first kappa shape index (κ1) is 21.9. The molecule has 0 saturated heterocycles. The van der Waals surface area contributed by atoms with Crippen LogP contribution in [0.5, 0.6) is 5.75 Å². The predicted molar refractivity (Wildman–Crippen MR) is 122 cm³/mol. The summed E-state index contributed by atoms with van der Waals surface area (Å²) in [6.07, 6.45) is 1.53. The van der Waals surface area contributed by atoms with Gasteiger partial charge in [-0.2, -0.15) is 0 Å². The molecule has 0 unspecified atom stereocenters. The molecule has 1 N–H and O–H groups in total. The zero-order valence-corrected chi connectivity index (χ0v) is 18.2. The molecule has 4 rings (SSSR count). The van der Waals surface area contributed by atoms with E-state index in [1.165, 1.54) is 17.2 Å². The fourth-order valence-corrected chi connectivity index (χ4v) is 3.41. The molecule has 0 aliphatic carbocycles. The van der Waals surface area contributed by atoms with E-state index in [1.807, 2.05) is 6.92 Å². The number of benzene rings is 2. The van der Waals surface area contributed by atoms with Gasteiger partial charge in [0.2, 0.25) is 0 Å². The van der Waals surface area contributed by atoms with E-state index in [0.717, 1.165) is 10.9 Å². The van der Waals surface area contributed by atoms with Crippen molar-refractivity contribution in [2.24, 2.45) is 0 Å². The third-order valence-electron chi connectivity index (χ3n) is 5.17. The third kappa shape index (κ3) is 4.95. The van der Waals surface area contributed by atoms with E-state index in [2.05, 4.69) is 5.32 Å². The van der Waals surface area contributed by atoms with Crippen molar-refractivity contribution in [3.05, 3.63) is 94.2 Å². The number of carbonyl (C=O) groups is 2. The topological polar surface area (TPSA) is 102 Å². The predicted octanol–water partition coefficient (Wildman–Crippen LogP) is 3.67. The van der Waals surface area contributed by atoms with Gasteiger partial charge < -0.3 is 23.8 Å². The lowest BCUT2D eigenvalue weighted by atomic mass is 10.1. The number of rotatable bonds is 7. The van der Waals surface area contributed by atoms with Crippen LogP contribution in [0.25, 0.3) is 11.0 Å².